The van der Waals surface area contributed by atoms with E-state index in [1.807, 2.05) is 42.1 Å². The van der Waals surface area contributed by atoms with Crippen molar-refractivity contribution in [1.29, 1.82) is 0 Å². The molecule has 0 bridgehead atoms. The summed E-state index contributed by atoms with van der Waals surface area (Å²) < 4.78 is 2.06. The van der Waals surface area contributed by atoms with Gasteiger partial charge in [0.15, 0.2) is 11.0 Å². The topological polar surface area (TPSA) is 51.0 Å². The predicted octanol–water partition coefficient (Wildman–Crippen LogP) is 3.84. The van der Waals surface area contributed by atoms with E-state index in [9.17, 15) is 4.79 Å². The molecule has 3 rings (SSSR count). The average Bonchev–Trinajstić information content (AvgIpc) is 3.32. The summed E-state index contributed by atoms with van der Waals surface area (Å²) in [6, 6.07) is 8.09. The molecule has 8 heteroatoms. The quantitative estimate of drug-likeness (QED) is 0.586. The molecule has 0 N–H and O–H groups in total. The number of thioether (sulfide) groups is 1. The summed E-state index contributed by atoms with van der Waals surface area (Å²) in [6.07, 6.45) is 0. The van der Waals surface area contributed by atoms with Gasteiger partial charge in [-0.05, 0) is 29.8 Å². The molecule has 3 aromatic rings. The van der Waals surface area contributed by atoms with Gasteiger partial charge in [0.2, 0.25) is 5.91 Å². The van der Waals surface area contributed by atoms with Gasteiger partial charge in [0, 0.05) is 18.5 Å². The van der Waals surface area contributed by atoms with Crippen LogP contribution in [0.1, 0.15) is 11.8 Å². The van der Waals surface area contributed by atoms with Crippen LogP contribution >= 0.6 is 34.4 Å². The van der Waals surface area contributed by atoms with Crippen LogP contribution in [0, 0.1) is 0 Å². The molecule has 0 fully saturated rings. The van der Waals surface area contributed by atoms with Crippen LogP contribution in [0.4, 0.5) is 0 Å². The van der Waals surface area contributed by atoms with Gasteiger partial charge in [-0.25, -0.2) is 0 Å². The molecule has 0 radical (unpaired) electrons. The highest BCUT2D eigenvalue weighted by Gasteiger charge is 2.16. The smallest absolute Gasteiger partial charge is 0.233 e. The van der Waals surface area contributed by atoms with E-state index < -0.39 is 0 Å². The number of thiophene rings is 2. The second-order valence-electron chi connectivity index (χ2n) is 5.15. The second kappa shape index (κ2) is 7.96. The van der Waals surface area contributed by atoms with Crippen LogP contribution < -0.4 is 0 Å². The van der Waals surface area contributed by atoms with E-state index in [1.54, 1.807) is 27.6 Å². The first-order valence-corrected chi connectivity index (χ1v) is 10.3. The Morgan fingerprint density at radius 3 is 2.71 bits per heavy atom. The molecule has 1 amide bonds. The van der Waals surface area contributed by atoms with Gasteiger partial charge >= 0.3 is 0 Å². The zero-order chi connectivity index (χ0) is 16.9. The summed E-state index contributed by atoms with van der Waals surface area (Å²) in [7, 11) is 1.84. The molecule has 24 heavy (non-hydrogen) atoms. The maximum atomic E-state index is 12.3. The van der Waals surface area contributed by atoms with Crippen LogP contribution in [0.2, 0.25) is 0 Å². The first kappa shape index (κ1) is 17.2. The number of hydrogen-bond acceptors (Lipinski definition) is 6. The van der Waals surface area contributed by atoms with Crippen molar-refractivity contribution >= 4 is 40.3 Å². The standard InChI is InChI=1S/C16H18N4OS3/c1-3-20-15(13-7-5-9-23-13)17-18-16(20)24-11-14(21)19(2)10-12-6-4-8-22-12/h4-9H,3,10-11H2,1-2H3. The van der Waals surface area contributed by atoms with Crippen molar-refractivity contribution in [3.8, 4) is 10.7 Å². The molecule has 0 atom stereocenters. The highest BCUT2D eigenvalue weighted by atomic mass is 32.2. The largest absolute Gasteiger partial charge is 0.340 e. The van der Waals surface area contributed by atoms with Gasteiger partial charge < -0.3 is 9.47 Å². The van der Waals surface area contributed by atoms with Gasteiger partial charge in [-0.2, -0.15) is 0 Å². The number of carbonyl (C=O) groups is 1. The molecule has 126 valence electrons. The zero-order valence-corrected chi connectivity index (χ0v) is 16.0. The van der Waals surface area contributed by atoms with E-state index in [2.05, 4.69) is 21.7 Å². The Balaban J connectivity index is 1.63. The first-order valence-electron chi connectivity index (χ1n) is 7.55. The van der Waals surface area contributed by atoms with Crippen LogP contribution in [0.25, 0.3) is 10.7 Å². The lowest BCUT2D eigenvalue weighted by Crippen LogP contribution is -2.27. The van der Waals surface area contributed by atoms with Crippen LogP contribution in [-0.2, 0) is 17.9 Å². The lowest BCUT2D eigenvalue weighted by atomic mass is 10.4. The van der Waals surface area contributed by atoms with Gasteiger partial charge in [-0.1, -0.05) is 23.9 Å². The summed E-state index contributed by atoms with van der Waals surface area (Å²) in [5, 5.41) is 13.4. The van der Waals surface area contributed by atoms with Crippen molar-refractivity contribution in [3.05, 3.63) is 39.9 Å². The maximum absolute atomic E-state index is 12.3. The summed E-state index contributed by atoms with van der Waals surface area (Å²) in [5.74, 6) is 1.33. The lowest BCUT2D eigenvalue weighted by molar-refractivity contribution is -0.127. The summed E-state index contributed by atoms with van der Waals surface area (Å²) >= 11 is 4.75. The summed E-state index contributed by atoms with van der Waals surface area (Å²) in [6.45, 7) is 3.50. The van der Waals surface area contributed by atoms with Gasteiger partial charge in [-0.15, -0.1) is 32.9 Å². The van der Waals surface area contributed by atoms with Crippen molar-refractivity contribution in [2.45, 2.75) is 25.2 Å². The number of amides is 1. The number of nitrogens with zero attached hydrogens (tertiary/aromatic N) is 4. The van der Waals surface area contributed by atoms with Crippen molar-refractivity contribution < 1.29 is 4.79 Å². The van der Waals surface area contributed by atoms with Gasteiger partial charge in [0.1, 0.15) is 0 Å². The zero-order valence-electron chi connectivity index (χ0n) is 13.5. The second-order valence-corrected chi connectivity index (χ2v) is 8.07. The van der Waals surface area contributed by atoms with Gasteiger partial charge in [0.25, 0.3) is 0 Å². The van der Waals surface area contributed by atoms with E-state index in [4.69, 9.17) is 0 Å². The molecule has 0 aliphatic rings. The lowest BCUT2D eigenvalue weighted by Gasteiger charge is -2.15. The van der Waals surface area contributed by atoms with Crippen molar-refractivity contribution in [1.82, 2.24) is 19.7 Å². The third kappa shape index (κ3) is 3.88. The summed E-state index contributed by atoms with van der Waals surface area (Å²) in [4.78, 5) is 16.4. The van der Waals surface area contributed by atoms with Crippen molar-refractivity contribution in [2.24, 2.45) is 0 Å². The minimum atomic E-state index is 0.0942. The Morgan fingerprint density at radius 1 is 1.25 bits per heavy atom. The number of carbonyl (C=O) groups excluding carboxylic acids is 1. The molecule has 0 saturated carbocycles. The molecule has 5 nitrogen and oxygen atoms in total. The fourth-order valence-corrected chi connectivity index (χ4v) is 4.65. The Kier molecular flexibility index (Phi) is 5.70. The molecular formula is C16H18N4OS3. The van der Waals surface area contributed by atoms with Crippen molar-refractivity contribution in [2.75, 3.05) is 12.8 Å². The minimum absolute atomic E-state index is 0.0942. The first-order chi connectivity index (χ1) is 11.7. The van der Waals surface area contributed by atoms with Crippen LogP contribution in [-0.4, -0.2) is 38.4 Å². The monoisotopic (exact) mass is 378 g/mol. The number of hydrogen-bond donors (Lipinski definition) is 0. The third-order valence-corrected chi connectivity index (χ3v) is 6.18. The molecular weight excluding hydrogens is 360 g/mol. The molecule has 0 unspecified atom stereocenters. The highest BCUT2D eigenvalue weighted by Crippen LogP contribution is 2.27. The van der Waals surface area contributed by atoms with Crippen LogP contribution in [0.5, 0.6) is 0 Å². The molecule has 0 saturated heterocycles. The van der Waals surface area contributed by atoms with Gasteiger partial charge in [-0.3, -0.25) is 4.79 Å². The molecule has 0 aromatic carbocycles. The SMILES string of the molecule is CCn1c(SCC(=O)N(C)Cc2cccs2)nnc1-c1cccs1. The van der Waals surface area contributed by atoms with E-state index in [1.165, 1.54) is 16.6 Å². The Labute approximate surface area is 153 Å². The number of aromatic nitrogens is 3. The predicted molar refractivity (Wildman–Crippen MR) is 101 cm³/mol. The fourth-order valence-electron chi connectivity index (χ4n) is 2.23. The normalized spacial score (nSPS) is 10.9. The van der Waals surface area contributed by atoms with E-state index in [0.29, 0.717) is 12.3 Å². The molecule has 3 aromatic heterocycles. The molecule has 3 heterocycles. The highest BCUT2D eigenvalue weighted by molar-refractivity contribution is 7.99. The van der Waals surface area contributed by atoms with E-state index in [0.717, 1.165) is 22.4 Å². The molecule has 0 aliphatic carbocycles. The molecule has 0 spiro atoms. The molecule has 0 aliphatic heterocycles. The van der Waals surface area contributed by atoms with Crippen molar-refractivity contribution in [3.63, 3.8) is 0 Å². The average molecular weight is 379 g/mol. The van der Waals surface area contributed by atoms with E-state index in [-0.39, 0.29) is 5.91 Å². The Bertz CT molecular complexity index is 780. The Morgan fingerprint density at radius 2 is 2.04 bits per heavy atom. The minimum Gasteiger partial charge on any atom is -0.340 e. The van der Waals surface area contributed by atoms with Crippen LogP contribution in [0.3, 0.4) is 0 Å². The van der Waals surface area contributed by atoms with Gasteiger partial charge in [0.05, 0.1) is 17.2 Å². The third-order valence-electron chi connectivity index (χ3n) is 3.50. The van der Waals surface area contributed by atoms with E-state index >= 15 is 0 Å². The fraction of sp³-hybridized carbons (Fsp3) is 0.312. The number of rotatable bonds is 7. The van der Waals surface area contributed by atoms with Crippen LogP contribution in [0.15, 0.2) is 40.2 Å². The maximum Gasteiger partial charge on any atom is 0.233 e. The Hall–Kier alpha value is -1.64. The summed E-state index contributed by atoms with van der Waals surface area (Å²) in [5.41, 5.74) is 0.